The zero-order valence-corrected chi connectivity index (χ0v) is 10.3. The zero-order chi connectivity index (χ0) is 12.7. The fourth-order valence-electron chi connectivity index (χ4n) is 1.83. The second kappa shape index (κ2) is 4.02. The molecule has 3 aromatic rings. The minimum atomic E-state index is -0.306. The first-order chi connectivity index (χ1) is 8.63. The zero-order valence-electron chi connectivity index (χ0n) is 9.48. The lowest BCUT2D eigenvalue weighted by molar-refractivity contribution is 0.368. The summed E-state index contributed by atoms with van der Waals surface area (Å²) in [6.45, 7) is 2.11. The number of benzene rings is 1. The lowest BCUT2D eigenvalue weighted by Crippen LogP contribution is -2.00. The van der Waals surface area contributed by atoms with Crippen LogP contribution in [0.15, 0.2) is 22.7 Å². The molecule has 0 saturated carbocycles. The molecule has 0 aliphatic carbocycles. The number of aromatic nitrogens is 4. The highest BCUT2D eigenvalue weighted by Crippen LogP contribution is 2.16. The van der Waals surface area contributed by atoms with Crippen LogP contribution in [0.2, 0.25) is 0 Å². The van der Waals surface area contributed by atoms with Crippen LogP contribution in [-0.4, -0.2) is 19.7 Å². The van der Waals surface area contributed by atoms with Gasteiger partial charge < -0.3 is 14.1 Å². The van der Waals surface area contributed by atoms with Crippen LogP contribution < -0.4 is 0 Å². The number of fused-ring (bicyclic) bond motifs is 1. The monoisotopic (exact) mass is 264 g/mol. The van der Waals surface area contributed by atoms with Crippen molar-refractivity contribution >= 4 is 23.3 Å². The molecular weight excluding hydrogens is 255 g/mol. The number of imidazole rings is 1. The van der Waals surface area contributed by atoms with Crippen molar-refractivity contribution in [2.24, 2.45) is 0 Å². The lowest BCUT2D eigenvalue weighted by atomic mass is 10.3. The topological polar surface area (TPSA) is 59.6 Å². The molecule has 0 aliphatic heterocycles. The molecular formula is C11H9FN4OS. The van der Waals surface area contributed by atoms with Gasteiger partial charge in [0.15, 0.2) is 10.6 Å². The number of rotatable bonds is 2. The average molecular weight is 264 g/mol. The molecule has 0 bridgehead atoms. The Bertz CT molecular complexity index is 773. The summed E-state index contributed by atoms with van der Waals surface area (Å²) in [4.78, 5) is 7.06. The SMILES string of the molecule is Cc1noc(Cn2c(=S)[nH]c3cc(F)ccc32)n1. The van der Waals surface area contributed by atoms with Gasteiger partial charge in [-0.05, 0) is 37.3 Å². The molecule has 0 unspecified atom stereocenters. The summed E-state index contributed by atoms with van der Waals surface area (Å²) in [5.74, 6) is 0.732. The van der Waals surface area contributed by atoms with Crippen molar-refractivity contribution in [1.29, 1.82) is 0 Å². The molecule has 0 aliphatic rings. The standard InChI is InChI=1S/C11H9FN4OS/c1-6-13-10(17-15-6)5-16-9-3-2-7(12)4-8(9)14-11(16)18/h2-4H,5H2,1H3,(H,14,18). The highest BCUT2D eigenvalue weighted by Gasteiger charge is 2.09. The van der Waals surface area contributed by atoms with E-state index in [2.05, 4.69) is 15.1 Å². The van der Waals surface area contributed by atoms with Gasteiger partial charge in [-0.1, -0.05) is 5.16 Å². The Labute approximate surface area is 106 Å². The average Bonchev–Trinajstić information content (AvgIpc) is 2.84. The summed E-state index contributed by atoms with van der Waals surface area (Å²) >= 11 is 5.20. The van der Waals surface area contributed by atoms with Crippen molar-refractivity contribution in [1.82, 2.24) is 19.7 Å². The van der Waals surface area contributed by atoms with Crippen molar-refractivity contribution in [3.8, 4) is 0 Å². The van der Waals surface area contributed by atoms with Gasteiger partial charge in [0.1, 0.15) is 12.4 Å². The quantitative estimate of drug-likeness (QED) is 0.723. The number of hydrogen-bond donors (Lipinski definition) is 1. The van der Waals surface area contributed by atoms with Crippen molar-refractivity contribution in [2.45, 2.75) is 13.5 Å². The molecule has 0 amide bonds. The largest absolute Gasteiger partial charge is 0.337 e. The number of aryl methyl sites for hydroxylation is 1. The van der Waals surface area contributed by atoms with Gasteiger partial charge in [0, 0.05) is 0 Å². The number of aromatic amines is 1. The molecule has 0 fully saturated rings. The van der Waals surface area contributed by atoms with Gasteiger partial charge in [0.2, 0.25) is 5.89 Å². The van der Waals surface area contributed by atoms with Gasteiger partial charge in [0.25, 0.3) is 0 Å². The molecule has 3 rings (SSSR count). The van der Waals surface area contributed by atoms with Crippen LogP contribution >= 0.6 is 12.2 Å². The molecule has 0 saturated heterocycles. The summed E-state index contributed by atoms with van der Waals surface area (Å²) in [5.41, 5.74) is 1.45. The van der Waals surface area contributed by atoms with E-state index in [-0.39, 0.29) is 5.82 Å². The molecule has 7 heteroatoms. The van der Waals surface area contributed by atoms with Crippen LogP contribution in [0.25, 0.3) is 11.0 Å². The van der Waals surface area contributed by atoms with E-state index in [1.165, 1.54) is 12.1 Å². The summed E-state index contributed by atoms with van der Waals surface area (Å²) in [6, 6.07) is 4.46. The van der Waals surface area contributed by atoms with Crippen LogP contribution in [0.1, 0.15) is 11.7 Å². The molecule has 2 heterocycles. The maximum absolute atomic E-state index is 13.1. The second-order valence-corrected chi connectivity index (χ2v) is 4.30. The first-order valence-electron chi connectivity index (χ1n) is 5.31. The summed E-state index contributed by atoms with van der Waals surface area (Å²) < 4.78 is 20.4. The number of nitrogens with zero attached hydrogens (tertiary/aromatic N) is 3. The van der Waals surface area contributed by atoms with Crippen LogP contribution in [0.5, 0.6) is 0 Å². The highest BCUT2D eigenvalue weighted by atomic mass is 32.1. The molecule has 18 heavy (non-hydrogen) atoms. The third-order valence-corrected chi connectivity index (χ3v) is 2.92. The molecule has 2 aromatic heterocycles. The van der Waals surface area contributed by atoms with E-state index < -0.39 is 0 Å². The van der Waals surface area contributed by atoms with E-state index >= 15 is 0 Å². The van der Waals surface area contributed by atoms with E-state index in [4.69, 9.17) is 16.7 Å². The summed E-state index contributed by atoms with van der Waals surface area (Å²) in [6.07, 6.45) is 0. The van der Waals surface area contributed by atoms with Crippen LogP contribution in [0.4, 0.5) is 4.39 Å². The summed E-state index contributed by atoms with van der Waals surface area (Å²) in [5, 5.41) is 3.72. The van der Waals surface area contributed by atoms with Gasteiger partial charge in [-0.15, -0.1) is 0 Å². The Morgan fingerprint density at radius 1 is 1.50 bits per heavy atom. The number of H-pyrrole nitrogens is 1. The van der Waals surface area contributed by atoms with Crippen LogP contribution in [0, 0.1) is 17.5 Å². The predicted molar refractivity (Wildman–Crippen MR) is 65.2 cm³/mol. The first kappa shape index (κ1) is 11.1. The Balaban J connectivity index is 2.11. The van der Waals surface area contributed by atoms with Crippen LogP contribution in [-0.2, 0) is 6.54 Å². The van der Waals surface area contributed by atoms with Crippen molar-refractivity contribution in [2.75, 3.05) is 0 Å². The number of halogens is 1. The van der Waals surface area contributed by atoms with Crippen LogP contribution in [0.3, 0.4) is 0 Å². The maximum atomic E-state index is 13.1. The molecule has 1 N–H and O–H groups in total. The van der Waals surface area contributed by atoms with Crippen molar-refractivity contribution in [3.63, 3.8) is 0 Å². The molecule has 5 nitrogen and oxygen atoms in total. The Morgan fingerprint density at radius 3 is 3.06 bits per heavy atom. The van der Waals surface area contributed by atoms with E-state index in [0.717, 1.165) is 5.52 Å². The van der Waals surface area contributed by atoms with Gasteiger partial charge in [0.05, 0.1) is 11.0 Å². The summed E-state index contributed by atoms with van der Waals surface area (Å²) in [7, 11) is 0. The molecule has 92 valence electrons. The molecule has 0 radical (unpaired) electrons. The number of nitrogens with one attached hydrogen (secondary N) is 1. The second-order valence-electron chi connectivity index (χ2n) is 3.91. The number of hydrogen-bond acceptors (Lipinski definition) is 4. The molecule has 0 spiro atoms. The highest BCUT2D eigenvalue weighted by molar-refractivity contribution is 7.71. The maximum Gasteiger partial charge on any atom is 0.246 e. The van der Waals surface area contributed by atoms with E-state index in [1.807, 2.05) is 0 Å². The smallest absolute Gasteiger partial charge is 0.246 e. The first-order valence-corrected chi connectivity index (χ1v) is 5.71. The fourth-order valence-corrected chi connectivity index (χ4v) is 2.11. The normalized spacial score (nSPS) is 11.2. The predicted octanol–water partition coefficient (Wildman–Crippen LogP) is 2.58. The minimum Gasteiger partial charge on any atom is -0.337 e. The third-order valence-electron chi connectivity index (χ3n) is 2.60. The fraction of sp³-hybridized carbons (Fsp3) is 0.182. The van der Waals surface area contributed by atoms with Crippen molar-refractivity contribution < 1.29 is 8.91 Å². The lowest BCUT2D eigenvalue weighted by Gasteiger charge is -1.99. The molecule has 1 aromatic carbocycles. The Kier molecular flexibility index (Phi) is 2.48. The van der Waals surface area contributed by atoms with E-state index in [1.54, 1.807) is 17.6 Å². The molecule has 0 atom stereocenters. The van der Waals surface area contributed by atoms with Gasteiger partial charge in [-0.3, -0.25) is 0 Å². The van der Waals surface area contributed by atoms with Gasteiger partial charge in [-0.25, -0.2) is 4.39 Å². The van der Waals surface area contributed by atoms with Gasteiger partial charge in [-0.2, -0.15) is 4.98 Å². The van der Waals surface area contributed by atoms with E-state index in [0.29, 0.717) is 28.5 Å². The third kappa shape index (κ3) is 1.82. The van der Waals surface area contributed by atoms with Crippen molar-refractivity contribution in [3.05, 3.63) is 40.5 Å². The minimum absolute atomic E-state index is 0.306. The van der Waals surface area contributed by atoms with Gasteiger partial charge >= 0.3 is 0 Å². The Morgan fingerprint density at radius 2 is 2.33 bits per heavy atom. The Hall–Kier alpha value is -2.02. The van der Waals surface area contributed by atoms with E-state index in [9.17, 15) is 4.39 Å².